The zero-order chi connectivity index (χ0) is 16.4. The van der Waals surface area contributed by atoms with Crippen molar-refractivity contribution in [2.45, 2.75) is 20.3 Å². The van der Waals surface area contributed by atoms with E-state index in [1.807, 2.05) is 34.9 Å². The Morgan fingerprint density at radius 3 is 2.83 bits per heavy atom. The largest absolute Gasteiger partial charge is 0.367 e. The van der Waals surface area contributed by atoms with E-state index in [0.717, 1.165) is 40.3 Å². The minimum absolute atomic E-state index is 0.636. The summed E-state index contributed by atoms with van der Waals surface area (Å²) in [6, 6.07) is 7.72. The summed E-state index contributed by atoms with van der Waals surface area (Å²) in [6.45, 7) is 5.27. The molecule has 4 nitrogen and oxygen atoms in total. The van der Waals surface area contributed by atoms with Crippen LogP contribution in [0.15, 0.2) is 41.3 Å². The quantitative estimate of drug-likeness (QED) is 0.642. The number of fused-ring (bicyclic) bond motifs is 1. The van der Waals surface area contributed by atoms with Crippen molar-refractivity contribution >= 4 is 39.0 Å². The molecule has 0 unspecified atom stereocenters. The lowest BCUT2D eigenvalue weighted by Crippen LogP contribution is -2.08. The zero-order valence-electron chi connectivity index (χ0n) is 13.1. The first-order valence-corrected chi connectivity index (χ1v) is 8.75. The van der Waals surface area contributed by atoms with Gasteiger partial charge in [0, 0.05) is 18.3 Å². The summed E-state index contributed by atoms with van der Waals surface area (Å²) >= 11 is 9.85. The number of hydrogen-bond acceptors (Lipinski definition) is 3. The first-order valence-electron chi connectivity index (χ1n) is 7.58. The van der Waals surface area contributed by atoms with E-state index >= 15 is 0 Å². The predicted molar refractivity (Wildman–Crippen MR) is 99.1 cm³/mol. The van der Waals surface area contributed by atoms with Crippen molar-refractivity contribution < 1.29 is 0 Å². The second-order valence-corrected chi connectivity index (χ2v) is 7.06. The lowest BCUT2D eigenvalue weighted by Gasteiger charge is -2.12. The van der Waals surface area contributed by atoms with Crippen LogP contribution in [0.5, 0.6) is 0 Å². The molecule has 2 heterocycles. The fraction of sp³-hybridized carbons (Fsp3) is 0.294. The van der Waals surface area contributed by atoms with E-state index < -0.39 is 0 Å². The highest BCUT2D eigenvalue weighted by Gasteiger charge is 2.13. The van der Waals surface area contributed by atoms with Gasteiger partial charge < -0.3 is 5.32 Å². The monoisotopic (exact) mass is 392 g/mol. The fourth-order valence-electron chi connectivity index (χ4n) is 2.36. The number of rotatable bonds is 5. The van der Waals surface area contributed by atoms with Crippen molar-refractivity contribution in [1.82, 2.24) is 14.4 Å². The van der Waals surface area contributed by atoms with Gasteiger partial charge >= 0.3 is 0 Å². The van der Waals surface area contributed by atoms with Gasteiger partial charge in [-0.15, -0.1) is 0 Å². The van der Waals surface area contributed by atoms with Gasteiger partial charge in [-0.1, -0.05) is 43.6 Å². The Kier molecular flexibility index (Phi) is 4.87. The molecule has 0 aliphatic rings. The SMILES string of the molecule is CC(C)CCNc1nc(-c2ccccc2Cl)cn2c(Br)cnc12. The molecular weight excluding hydrogens is 376 g/mol. The van der Waals surface area contributed by atoms with E-state index in [1.165, 1.54) is 0 Å². The number of anilines is 1. The Hall–Kier alpha value is -1.59. The van der Waals surface area contributed by atoms with E-state index in [9.17, 15) is 0 Å². The summed E-state index contributed by atoms with van der Waals surface area (Å²) in [7, 11) is 0. The van der Waals surface area contributed by atoms with Gasteiger partial charge in [0.2, 0.25) is 0 Å². The molecule has 3 rings (SSSR count). The molecule has 120 valence electrons. The second kappa shape index (κ2) is 6.89. The summed E-state index contributed by atoms with van der Waals surface area (Å²) < 4.78 is 2.86. The fourth-order valence-corrected chi connectivity index (χ4v) is 2.96. The van der Waals surface area contributed by atoms with Crippen LogP contribution >= 0.6 is 27.5 Å². The average Bonchev–Trinajstić information content (AvgIpc) is 2.89. The van der Waals surface area contributed by atoms with E-state index in [4.69, 9.17) is 16.6 Å². The molecule has 1 aromatic carbocycles. The molecule has 0 radical (unpaired) electrons. The van der Waals surface area contributed by atoms with E-state index in [1.54, 1.807) is 6.20 Å². The van der Waals surface area contributed by atoms with Crippen molar-refractivity contribution in [3.63, 3.8) is 0 Å². The van der Waals surface area contributed by atoms with Gasteiger partial charge in [-0.25, -0.2) is 9.97 Å². The van der Waals surface area contributed by atoms with Crippen LogP contribution in [0.2, 0.25) is 5.02 Å². The summed E-state index contributed by atoms with van der Waals surface area (Å²) in [5.74, 6) is 1.41. The molecule has 0 saturated heterocycles. The van der Waals surface area contributed by atoms with Crippen LogP contribution in [0.25, 0.3) is 16.9 Å². The minimum Gasteiger partial charge on any atom is -0.367 e. The number of nitrogens with one attached hydrogen (secondary N) is 1. The highest BCUT2D eigenvalue weighted by atomic mass is 79.9. The summed E-state index contributed by atoms with van der Waals surface area (Å²) in [6.07, 6.45) is 4.80. The molecule has 0 amide bonds. The molecular formula is C17H18BrClN4. The smallest absolute Gasteiger partial charge is 0.181 e. The van der Waals surface area contributed by atoms with E-state index in [-0.39, 0.29) is 0 Å². The lowest BCUT2D eigenvalue weighted by molar-refractivity contribution is 0.606. The molecule has 23 heavy (non-hydrogen) atoms. The molecule has 0 spiro atoms. The minimum atomic E-state index is 0.636. The normalized spacial score (nSPS) is 11.3. The molecule has 0 atom stereocenters. The number of halogens is 2. The lowest BCUT2D eigenvalue weighted by atomic mass is 10.1. The third-order valence-electron chi connectivity index (χ3n) is 3.61. The Balaban J connectivity index is 2.06. The Labute approximate surface area is 149 Å². The van der Waals surface area contributed by atoms with Gasteiger partial charge in [-0.2, -0.15) is 0 Å². The molecule has 0 aliphatic carbocycles. The summed E-state index contributed by atoms with van der Waals surface area (Å²) in [5.41, 5.74) is 2.52. The number of hydrogen-bond donors (Lipinski definition) is 1. The first-order chi connectivity index (χ1) is 11.1. The third kappa shape index (κ3) is 3.51. The first kappa shape index (κ1) is 16.3. The molecule has 0 saturated carbocycles. The molecule has 6 heteroatoms. The van der Waals surface area contributed by atoms with Gasteiger partial charge in [0.15, 0.2) is 11.5 Å². The molecule has 0 fully saturated rings. The van der Waals surface area contributed by atoms with Crippen molar-refractivity contribution in [2.75, 3.05) is 11.9 Å². The number of imidazole rings is 1. The molecule has 0 bridgehead atoms. The van der Waals surface area contributed by atoms with Crippen molar-refractivity contribution in [2.24, 2.45) is 5.92 Å². The Bertz CT molecular complexity index is 829. The van der Waals surface area contributed by atoms with Crippen LogP contribution in [0.4, 0.5) is 5.82 Å². The Morgan fingerprint density at radius 1 is 1.30 bits per heavy atom. The van der Waals surface area contributed by atoms with Gasteiger partial charge in [0.1, 0.15) is 4.60 Å². The molecule has 3 aromatic rings. The highest BCUT2D eigenvalue weighted by molar-refractivity contribution is 9.10. The van der Waals surface area contributed by atoms with E-state index in [0.29, 0.717) is 10.9 Å². The molecule has 1 N–H and O–H groups in total. The number of aromatic nitrogens is 3. The van der Waals surface area contributed by atoms with Crippen LogP contribution in [-0.4, -0.2) is 20.9 Å². The predicted octanol–water partition coefficient (Wildman–Crippen LogP) is 5.27. The molecule has 0 aliphatic heterocycles. The van der Waals surface area contributed by atoms with Crippen LogP contribution in [0.1, 0.15) is 20.3 Å². The standard InChI is InChI=1S/C17H18BrClN4/c1-11(2)7-8-20-16-17-21-9-15(18)23(17)10-14(22-16)12-5-3-4-6-13(12)19/h3-6,9-11H,7-8H2,1-2H3,(H,20,22). The molecule has 2 aromatic heterocycles. The number of benzene rings is 1. The Morgan fingerprint density at radius 2 is 2.09 bits per heavy atom. The van der Waals surface area contributed by atoms with Gasteiger partial charge in [-0.05, 0) is 34.3 Å². The van der Waals surface area contributed by atoms with Crippen LogP contribution < -0.4 is 5.32 Å². The van der Waals surface area contributed by atoms with Gasteiger partial charge in [0.05, 0.1) is 16.9 Å². The van der Waals surface area contributed by atoms with Crippen molar-refractivity contribution in [1.29, 1.82) is 0 Å². The maximum Gasteiger partial charge on any atom is 0.181 e. The third-order valence-corrected chi connectivity index (χ3v) is 4.53. The highest BCUT2D eigenvalue weighted by Crippen LogP contribution is 2.29. The van der Waals surface area contributed by atoms with Crippen molar-refractivity contribution in [3.05, 3.63) is 46.3 Å². The van der Waals surface area contributed by atoms with Gasteiger partial charge in [-0.3, -0.25) is 4.40 Å². The second-order valence-electron chi connectivity index (χ2n) is 5.84. The van der Waals surface area contributed by atoms with Gasteiger partial charge in [0.25, 0.3) is 0 Å². The van der Waals surface area contributed by atoms with Crippen LogP contribution in [-0.2, 0) is 0 Å². The zero-order valence-corrected chi connectivity index (χ0v) is 15.4. The average molecular weight is 394 g/mol. The van der Waals surface area contributed by atoms with Crippen LogP contribution in [0, 0.1) is 5.92 Å². The summed E-state index contributed by atoms with van der Waals surface area (Å²) in [5, 5.41) is 4.09. The maximum absolute atomic E-state index is 6.32. The number of nitrogens with zero attached hydrogens (tertiary/aromatic N) is 3. The summed E-state index contributed by atoms with van der Waals surface area (Å²) in [4.78, 5) is 9.17. The van der Waals surface area contributed by atoms with Crippen molar-refractivity contribution in [3.8, 4) is 11.3 Å². The van der Waals surface area contributed by atoms with Crippen LogP contribution in [0.3, 0.4) is 0 Å². The van der Waals surface area contributed by atoms with E-state index in [2.05, 4.69) is 40.1 Å². The topological polar surface area (TPSA) is 42.2 Å². The maximum atomic E-state index is 6.32.